The van der Waals surface area contributed by atoms with Crippen LogP contribution in [-0.2, 0) is 11.3 Å². The molecule has 112 valence electrons. The fourth-order valence-electron chi connectivity index (χ4n) is 2.67. The molecule has 21 heavy (non-hydrogen) atoms. The zero-order valence-corrected chi connectivity index (χ0v) is 13.0. The first kappa shape index (κ1) is 14.6. The third-order valence-electron chi connectivity index (χ3n) is 3.97. The lowest BCUT2D eigenvalue weighted by atomic mass is 10.1. The second-order valence-electron chi connectivity index (χ2n) is 5.38. The summed E-state index contributed by atoms with van der Waals surface area (Å²) in [6.07, 6.45) is 4.03. The number of nitrogens with zero attached hydrogens (tertiary/aromatic N) is 3. The van der Waals surface area contributed by atoms with Crippen LogP contribution in [0.3, 0.4) is 0 Å². The van der Waals surface area contributed by atoms with Gasteiger partial charge in [-0.3, -0.25) is 4.90 Å². The van der Waals surface area contributed by atoms with E-state index in [0.717, 1.165) is 43.6 Å². The molecular weight excluding hydrogens is 286 g/mol. The molecule has 5 heteroatoms. The summed E-state index contributed by atoms with van der Waals surface area (Å²) in [6, 6.07) is 7.95. The Labute approximate surface area is 130 Å². The van der Waals surface area contributed by atoms with E-state index in [-0.39, 0.29) is 6.10 Å². The van der Waals surface area contributed by atoms with Gasteiger partial charge in [0.1, 0.15) is 5.82 Å². The van der Waals surface area contributed by atoms with Gasteiger partial charge in [-0.15, -0.1) is 0 Å². The Morgan fingerprint density at radius 2 is 2.10 bits per heavy atom. The standard InChI is InChI=1S/C16H20ClN3O/c1-13-18-6-7-20(13)9-8-19-10-11-21-16(12-19)14-2-4-15(17)5-3-14/h2-7,16H,8-12H2,1H3/t16-/m0/s1. The summed E-state index contributed by atoms with van der Waals surface area (Å²) < 4.78 is 8.08. The molecule has 1 aromatic carbocycles. The summed E-state index contributed by atoms with van der Waals surface area (Å²) in [5.74, 6) is 1.07. The quantitative estimate of drug-likeness (QED) is 0.870. The van der Waals surface area contributed by atoms with Gasteiger partial charge < -0.3 is 9.30 Å². The van der Waals surface area contributed by atoms with Gasteiger partial charge in [0.05, 0.1) is 12.7 Å². The van der Waals surface area contributed by atoms with E-state index in [1.165, 1.54) is 5.56 Å². The Balaban J connectivity index is 1.58. The lowest BCUT2D eigenvalue weighted by Gasteiger charge is -2.33. The van der Waals surface area contributed by atoms with Crippen molar-refractivity contribution in [2.24, 2.45) is 0 Å². The van der Waals surface area contributed by atoms with Crippen LogP contribution in [-0.4, -0.2) is 40.7 Å². The molecule has 1 aliphatic heterocycles. The number of aromatic nitrogens is 2. The number of imidazole rings is 1. The first-order valence-corrected chi connectivity index (χ1v) is 7.67. The maximum atomic E-state index is 5.94. The second kappa shape index (κ2) is 6.60. The van der Waals surface area contributed by atoms with Crippen molar-refractivity contribution < 1.29 is 4.74 Å². The van der Waals surface area contributed by atoms with Crippen LogP contribution in [0.4, 0.5) is 0 Å². The summed E-state index contributed by atoms with van der Waals surface area (Å²) in [4.78, 5) is 6.71. The summed E-state index contributed by atoms with van der Waals surface area (Å²) in [6.45, 7) is 6.71. The molecule has 0 aliphatic carbocycles. The largest absolute Gasteiger partial charge is 0.371 e. The third-order valence-corrected chi connectivity index (χ3v) is 4.23. The topological polar surface area (TPSA) is 30.3 Å². The molecule has 0 saturated carbocycles. The first-order valence-electron chi connectivity index (χ1n) is 7.29. The molecule has 0 unspecified atom stereocenters. The first-order chi connectivity index (χ1) is 10.2. The third kappa shape index (κ3) is 3.64. The molecule has 1 aromatic heterocycles. The zero-order chi connectivity index (χ0) is 14.7. The van der Waals surface area contributed by atoms with E-state index < -0.39 is 0 Å². The lowest BCUT2D eigenvalue weighted by Crippen LogP contribution is -2.40. The molecule has 0 spiro atoms. The molecule has 0 amide bonds. The van der Waals surface area contributed by atoms with Gasteiger partial charge in [0.2, 0.25) is 0 Å². The van der Waals surface area contributed by atoms with Crippen LogP contribution in [0.15, 0.2) is 36.7 Å². The molecule has 1 saturated heterocycles. The van der Waals surface area contributed by atoms with Crippen molar-refractivity contribution in [3.05, 3.63) is 53.1 Å². The zero-order valence-electron chi connectivity index (χ0n) is 12.2. The van der Waals surface area contributed by atoms with Gasteiger partial charge in [0.15, 0.2) is 0 Å². The van der Waals surface area contributed by atoms with Gasteiger partial charge in [0.25, 0.3) is 0 Å². The number of hydrogen-bond donors (Lipinski definition) is 0. The van der Waals surface area contributed by atoms with Crippen LogP contribution in [0.5, 0.6) is 0 Å². The molecule has 0 N–H and O–H groups in total. The van der Waals surface area contributed by atoms with E-state index >= 15 is 0 Å². The maximum Gasteiger partial charge on any atom is 0.105 e. The highest BCUT2D eigenvalue weighted by molar-refractivity contribution is 6.30. The van der Waals surface area contributed by atoms with Gasteiger partial charge in [-0.2, -0.15) is 0 Å². The minimum atomic E-state index is 0.139. The van der Waals surface area contributed by atoms with Crippen molar-refractivity contribution in [2.45, 2.75) is 19.6 Å². The molecule has 0 bridgehead atoms. The van der Waals surface area contributed by atoms with Crippen molar-refractivity contribution in [1.82, 2.24) is 14.5 Å². The number of hydrogen-bond acceptors (Lipinski definition) is 3. The molecule has 4 nitrogen and oxygen atoms in total. The van der Waals surface area contributed by atoms with Crippen molar-refractivity contribution in [2.75, 3.05) is 26.2 Å². The Hall–Kier alpha value is -1.36. The van der Waals surface area contributed by atoms with E-state index in [0.29, 0.717) is 0 Å². The van der Waals surface area contributed by atoms with Gasteiger partial charge in [-0.1, -0.05) is 23.7 Å². The van der Waals surface area contributed by atoms with Crippen molar-refractivity contribution >= 4 is 11.6 Å². The SMILES string of the molecule is Cc1nccn1CCN1CCO[C@H](c2ccc(Cl)cc2)C1. The molecule has 1 aliphatic rings. The molecule has 2 heterocycles. The highest BCUT2D eigenvalue weighted by Crippen LogP contribution is 2.23. The van der Waals surface area contributed by atoms with E-state index in [1.54, 1.807) is 0 Å². The molecule has 2 aromatic rings. The average molecular weight is 306 g/mol. The van der Waals surface area contributed by atoms with E-state index in [4.69, 9.17) is 16.3 Å². The van der Waals surface area contributed by atoms with E-state index in [1.807, 2.05) is 31.5 Å². The smallest absolute Gasteiger partial charge is 0.105 e. The normalized spacial score (nSPS) is 19.8. The van der Waals surface area contributed by atoms with Crippen LogP contribution in [0, 0.1) is 6.92 Å². The van der Waals surface area contributed by atoms with Crippen molar-refractivity contribution in [3.8, 4) is 0 Å². The predicted molar refractivity (Wildman–Crippen MR) is 83.5 cm³/mol. The van der Waals surface area contributed by atoms with E-state index in [2.05, 4.69) is 26.6 Å². The molecule has 1 fully saturated rings. The van der Waals surface area contributed by atoms with Crippen LogP contribution in [0.25, 0.3) is 0 Å². The summed E-state index contributed by atoms with van der Waals surface area (Å²) in [7, 11) is 0. The minimum absolute atomic E-state index is 0.139. The molecule has 0 radical (unpaired) electrons. The summed E-state index contributed by atoms with van der Waals surface area (Å²) in [5.41, 5.74) is 1.20. The fourth-order valence-corrected chi connectivity index (χ4v) is 2.80. The monoisotopic (exact) mass is 305 g/mol. The Bertz CT molecular complexity index is 581. The van der Waals surface area contributed by atoms with Gasteiger partial charge in [-0.05, 0) is 24.6 Å². The average Bonchev–Trinajstić information content (AvgIpc) is 2.91. The predicted octanol–water partition coefficient (Wildman–Crippen LogP) is 2.92. The van der Waals surface area contributed by atoms with Crippen LogP contribution < -0.4 is 0 Å². The number of aryl methyl sites for hydroxylation is 1. The number of morpholine rings is 1. The van der Waals surface area contributed by atoms with Crippen LogP contribution in [0.1, 0.15) is 17.5 Å². The number of ether oxygens (including phenoxy) is 1. The van der Waals surface area contributed by atoms with E-state index in [9.17, 15) is 0 Å². The number of benzene rings is 1. The Kier molecular flexibility index (Phi) is 4.58. The number of halogens is 1. The van der Waals surface area contributed by atoms with Gasteiger partial charge in [-0.25, -0.2) is 4.98 Å². The molecule has 1 atom stereocenters. The van der Waals surface area contributed by atoms with Gasteiger partial charge >= 0.3 is 0 Å². The maximum absolute atomic E-state index is 5.94. The fraction of sp³-hybridized carbons (Fsp3) is 0.438. The van der Waals surface area contributed by atoms with Crippen LogP contribution in [0.2, 0.25) is 5.02 Å². The summed E-state index contributed by atoms with van der Waals surface area (Å²) in [5, 5.41) is 0.766. The lowest BCUT2D eigenvalue weighted by molar-refractivity contribution is -0.0308. The highest BCUT2D eigenvalue weighted by atomic mass is 35.5. The summed E-state index contributed by atoms with van der Waals surface area (Å²) >= 11 is 5.94. The minimum Gasteiger partial charge on any atom is -0.371 e. The molecule has 3 rings (SSSR count). The highest BCUT2D eigenvalue weighted by Gasteiger charge is 2.21. The Morgan fingerprint density at radius 3 is 2.81 bits per heavy atom. The second-order valence-corrected chi connectivity index (χ2v) is 5.82. The molecular formula is C16H20ClN3O. The van der Waals surface area contributed by atoms with Crippen molar-refractivity contribution in [1.29, 1.82) is 0 Å². The van der Waals surface area contributed by atoms with Crippen molar-refractivity contribution in [3.63, 3.8) is 0 Å². The van der Waals surface area contributed by atoms with Crippen LogP contribution >= 0.6 is 11.6 Å². The van der Waals surface area contributed by atoms with Gasteiger partial charge in [0, 0.05) is 43.6 Å². The number of rotatable bonds is 4. The Morgan fingerprint density at radius 1 is 1.29 bits per heavy atom.